The number of pyridine rings is 1. The number of nitrogens with two attached hydrogens (primary N) is 1. The predicted octanol–water partition coefficient (Wildman–Crippen LogP) is 5.01. The Bertz CT molecular complexity index is 944. The fourth-order valence-electron chi connectivity index (χ4n) is 2.61. The number of Topliss-reactive ketones (excluding diaryl/α,β-unsaturated/α-hetero) is 1. The number of carbonyl (C=O) groups excluding carboxylic acids is 1. The van der Waals surface area contributed by atoms with E-state index in [1.165, 1.54) is 0 Å². The molecule has 2 aromatic carbocycles. The number of aromatic nitrogens is 1. The molecule has 0 amide bonds. The van der Waals surface area contributed by atoms with Gasteiger partial charge in [0.05, 0.1) is 10.7 Å². The molecule has 0 saturated carbocycles. The van der Waals surface area contributed by atoms with E-state index in [1.807, 2.05) is 36.4 Å². The second kappa shape index (κ2) is 8.21. The van der Waals surface area contributed by atoms with Crippen molar-refractivity contribution in [1.29, 1.82) is 0 Å². The van der Waals surface area contributed by atoms with Gasteiger partial charge in [0.15, 0.2) is 5.78 Å². The highest BCUT2D eigenvalue weighted by Gasteiger charge is 2.12. The minimum absolute atomic E-state index is 0.0479. The van der Waals surface area contributed by atoms with Crippen molar-refractivity contribution in [2.45, 2.75) is 13.0 Å². The van der Waals surface area contributed by atoms with E-state index in [2.05, 4.69) is 10.3 Å². The second-order valence-corrected chi connectivity index (χ2v) is 6.68. The average molecular weight is 386 g/mol. The Kier molecular flexibility index (Phi) is 5.76. The third-order valence-electron chi connectivity index (χ3n) is 3.91. The number of anilines is 2. The number of nitrogens with one attached hydrogen (secondary N) is 1. The third-order valence-corrected chi connectivity index (χ3v) is 4.46. The van der Waals surface area contributed by atoms with Crippen LogP contribution in [0.25, 0.3) is 0 Å². The minimum Gasteiger partial charge on any atom is -0.382 e. The number of hydrogen-bond acceptors (Lipinski definition) is 4. The highest BCUT2D eigenvalue weighted by molar-refractivity contribution is 6.36. The molecule has 0 fully saturated rings. The van der Waals surface area contributed by atoms with Crippen molar-refractivity contribution < 1.29 is 4.79 Å². The van der Waals surface area contributed by atoms with Crippen molar-refractivity contribution in [1.82, 2.24) is 4.98 Å². The Balaban J connectivity index is 1.69. The first-order valence-corrected chi connectivity index (χ1v) is 8.79. The van der Waals surface area contributed by atoms with Gasteiger partial charge < -0.3 is 11.1 Å². The zero-order valence-corrected chi connectivity index (χ0v) is 15.4. The summed E-state index contributed by atoms with van der Waals surface area (Å²) in [6.45, 7) is 0.583. The van der Waals surface area contributed by atoms with Crippen LogP contribution in [0.3, 0.4) is 0 Å². The molecule has 0 bridgehead atoms. The van der Waals surface area contributed by atoms with Gasteiger partial charge in [-0.3, -0.25) is 4.79 Å². The lowest BCUT2D eigenvalue weighted by atomic mass is 10.0. The molecule has 0 saturated heterocycles. The average Bonchev–Trinajstić information content (AvgIpc) is 2.61. The zero-order chi connectivity index (χ0) is 18.5. The Hall–Kier alpha value is -2.56. The van der Waals surface area contributed by atoms with Gasteiger partial charge in [0.1, 0.15) is 5.82 Å². The number of rotatable bonds is 6. The molecular formula is C20H17Cl2N3O. The predicted molar refractivity (Wildman–Crippen MR) is 107 cm³/mol. The van der Waals surface area contributed by atoms with E-state index >= 15 is 0 Å². The molecule has 4 nitrogen and oxygen atoms in total. The molecule has 0 aliphatic rings. The lowest BCUT2D eigenvalue weighted by Gasteiger charge is -2.10. The summed E-state index contributed by atoms with van der Waals surface area (Å²) < 4.78 is 0. The fraction of sp³-hybridized carbons (Fsp3) is 0.100. The molecule has 3 aromatic rings. The Morgan fingerprint density at radius 3 is 2.62 bits per heavy atom. The first-order valence-electron chi connectivity index (χ1n) is 8.03. The number of nitrogen functional groups attached to an aromatic ring is 1. The Morgan fingerprint density at radius 1 is 1.04 bits per heavy atom. The topological polar surface area (TPSA) is 68.0 Å². The number of carbonyl (C=O) groups is 1. The van der Waals surface area contributed by atoms with Crippen LogP contribution >= 0.6 is 23.2 Å². The second-order valence-electron chi connectivity index (χ2n) is 5.83. The van der Waals surface area contributed by atoms with Crippen molar-refractivity contribution in [2.75, 3.05) is 11.1 Å². The molecule has 0 atom stereocenters. The van der Waals surface area contributed by atoms with Crippen molar-refractivity contribution >= 4 is 40.5 Å². The molecule has 3 rings (SSSR count). The summed E-state index contributed by atoms with van der Waals surface area (Å²) in [6, 6.07) is 16.4. The van der Waals surface area contributed by atoms with Crippen LogP contribution < -0.4 is 11.1 Å². The van der Waals surface area contributed by atoms with Crippen LogP contribution in [0.2, 0.25) is 10.0 Å². The summed E-state index contributed by atoms with van der Waals surface area (Å²) in [4.78, 5) is 16.6. The van der Waals surface area contributed by atoms with Gasteiger partial charge in [0.25, 0.3) is 0 Å². The molecule has 26 heavy (non-hydrogen) atoms. The number of benzene rings is 2. The maximum atomic E-state index is 12.5. The zero-order valence-electron chi connectivity index (χ0n) is 13.9. The van der Waals surface area contributed by atoms with Gasteiger partial charge in [-0.05, 0) is 41.5 Å². The van der Waals surface area contributed by atoms with Gasteiger partial charge >= 0.3 is 0 Å². The van der Waals surface area contributed by atoms with Gasteiger partial charge in [-0.15, -0.1) is 0 Å². The molecular weight excluding hydrogens is 369 g/mol. The normalized spacial score (nSPS) is 10.5. The van der Waals surface area contributed by atoms with E-state index < -0.39 is 0 Å². The SMILES string of the molecule is Nc1ncccc1NCc1cccc(CC(=O)c2ccc(Cl)cc2Cl)c1. The van der Waals surface area contributed by atoms with Crippen LogP contribution in [0.5, 0.6) is 0 Å². The molecule has 3 N–H and O–H groups in total. The van der Waals surface area contributed by atoms with Crippen molar-refractivity contribution in [3.8, 4) is 0 Å². The van der Waals surface area contributed by atoms with Crippen molar-refractivity contribution in [3.63, 3.8) is 0 Å². The maximum absolute atomic E-state index is 12.5. The third kappa shape index (κ3) is 4.54. The molecule has 6 heteroatoms. The molecule has 132 valence electrons. The summed E-state index contributed by atoms with van der Waals surface area (Å²) in [5.41, 5.74) is 9.04. The number of ketones is 1. The molecule has 1 aromatic heterocycles. The first-order chi connectivity index (χ1) is 12.5. The molecule has 0 spiro atoms. The van der Waals surface area contributed by atoms with Crippen LogP contribution in [-0.4, -0.2) is 10.8 Å². The first kappa shape index (κ1) is 18.2. The molecule has 0 aliphatic heterocycles. The van der Waals surface area contributed by atoms with Crippen molar-refractivity contribution in [3.05, 3.63) is 87.5 Å². The number of halogens is 2. The Morgan fingerprint density at radius 2 is 1.85 bits per heavy atom. The van der Waals surface area contributed by atoms with E-state index in [4.69, 9.17) is 28.9 Å². The summed E-state index contributed by atoms with van der Waals surface area (Å²) in [7, 11) is 0. The quantitative estimate of drug-likeness (QED) is 0.585. The minimum atomic E-state index is -0.0479. The van der Waals surface area contributed by atoms with Gasteiger partial charge in [0.2, 0.25) is 0 Å². The van der Waals surface area contributed by atoms with E-state index in [-0.39, 0.29) is 12.2 Å². The maximum Gasteiger partial charge on any atom is 0.168 e. The molecule has 1 heterocycles. The summed E-state index contributed by atoms with van der Waals surface area (Å²) >= 11 is 12.0. The van der Waals surface area contributed by atoms with E-state index in [1.54, 1.807) is 24.4 Å². The highest BCUT2D eigenvalue weighted by atomic mass is 35.5. The summed E-state index contributed by atoms with van der Waals surface area (Å²) in [5.74, 6) is 0.407. The molecule has 0 unspecified atom stereocenters. The van der Waals surface area contributed by atoms with Gasteiger partial charge in [-0.25, -0.2) is 4.98 Å². The summed E-state index contributed by atoms with van der Waals surface area (Å²) in [5, 5.41) is 4.13. The van der Waals surface area contributed by atoms with Crippen LogP contribution in [0.15, 0.2) is 60.8 Å². The number of nitrogens with zero attached hydrogens (tertiary/aromatic N) is 1. The fourth-order valence-corrected chi connectivity index (χ4v) is 3.12. The van der Waals surface area contributed by atoms with Crippen LogP contribution in [0, 0.1) is 0 Å². The largest absolute Gasteiger partial charge is 0.382 e. The molecule has 0 aliphatic carbocycles. The lowest BCUT2D eigenvalue weighted by Crippen LogP contribution is -2.06. The Labute approximate surface area is 162 Å². The van der Waals surface area contributed by atoms with Crippen LogP contribution in [0.4, 0.5) is 11.5 Å². The summed E-state index contributed by atoms with van der Waals surface area (Å²) in [6.07, 6.45) is 1.92. The van der Waals surface area contributed by atoms with Gasteiger partial charge in [-0.2, -0.15) is 0 Å². The van der Waals surface area contributed by atoms with E-state index in [0.717, 1.165) is 16.8 Å². The van der Waals surface area contributed by atoms with Gasteiger partial charge in [0, 0.05) is 29.7 Å². The van der Waals surface area contributed by atoms with Crippen molar-refractivity contribution in [2.24, 2.45) is 0 Å². The molecule has 0 radical (unpaired) electrons. The van der Waals surface area contributed by atoms with Gasteiger partial charge in [-0.1, -0.05) is 47.5 Å². The lowest BCUT2D eigenvalue weighted by molar-refractivity contribution is 0.0993. The van der Waals surface area contributed by atoms with E-state index in [0.29, 0.717) is 28.0 Å². The van der Waals surface area contributed by atoms with E-state index in [9.17, 15) is 4.79 Å². The monoisotopic (exact) mass is 385 g/mol. The highest BCUT2D eigenvalue weighted by Crippen LogP contribution is 2.23. The van der Waals surface area contributed by atoms with Crippen LogP contribution in [-0.2, 0) is 13.0 Å². The number of hydrogen-bond donors (Lipinski definition) is 2. The van der Waals surface area contributed by atoms with Crippen LogP contribution in [0.1, 0.15) is 21.5 Å². The smallest absolute Gasteiger partial charge is 0.168 e. The standard InChI is InChI=1S/C20H17Cl2N3O/c21-15-6-7-16(17(22)11-15)19(26)10-13-3-1-4-14(9-13)12-25-18-5-2-8-24-20(18)23/h1-9,11,25H,10,12H2,(H2,23,24).